The van der Waals surface area contributed by atoms with Gasteiger partial charge in [-0.2, -0.15) is 4.98 Å². The van der Waals surface area contributed by atoms with E-state index in [2.05, 4.69) is 20.8 Å². The van der Waals surface area contributed by atoms with Gasteiger partial charge in [0.15, 0.2) is 11.5 Å². The summed E-state index contributed by atoms with van der Waals surface area (Å²) in [7, 11) is 0. The van der Waals surface area contributed by atoms with Gasteiger partial charge in [-0.3, -0.25) is 0 Å². The summed E-state index contributed by atoms with van der Waals surface area (Å²) in [5.74, 6) is 2.07. The number of hydrogen-bond donors (Lipinski definition) is 2. The molecule has 26 heavy (non-hydrogen) atoms. The van der Waals surface area contributed by atoms with E-state index in [0.29, 0.717) is 29.8 Å². The Morgan fingerprint density at radius 2 is 1.81 bits per heavy atom. The average molecular weight is 352 g/mol. The summed E-state index contributed by atoms with van der Waals surface area (Å²) in [5, 5.41) is 9.38. The molecule has 0 spiro atoms. The molecule has 0 saturated heterocycles. The number of rotatable bonds is 5. The fourth-order valence-electron chi connectivity index (χ4n) is 2.48. The molecule has 2 N–H and O–H groups in total. The zero-order valence-corrected chi connectivity index (χ0v) is 13.8. The van der Waals surface area contributed by atoms with Gasteiger partial charge in [-0.25, -0.2) is 4.79 Å². The first-order valence-corrected chi connectivity index (χ1v) is 8.06. The fraction of sp³-hybridized carbons (Fsp3) is 0.167. The Balaban J connectivity index is 1.31. The van der Waals surface area contributed by atoms with Crippen LogP contribution < -0.4 is 20.1 Å². The van der Waals surface area contributed by atoms with Crippen LogP contribution in [0.2, 0.25) is 0 Å². The Bertz CT molecular complexity index is 911. The van der Waals surface area contributed by atoms with Gasteiger partial charge in [-0.1, -0.05) is 35.5 Å². The van der Waals surface area contributed by atoms with Gasteiger partial charge < -0.3 is 24.6 Å². The highest BCUT2D eigenvalue weighted by atomic mass is 16.7. The molecule has 4 rings (SSSR count). The van der Waals surface area contributed by atoms with Gasteiger partial charge in [0, 0.05) is 12.1 Å². The van der Waals surface area contributed by atoms with E-state index in [0.717, 1.165) is 11.1 Å². The van der Waals surface area contributed by atoms with Crippen LogP contribution in [0.3, 0.4) is 0 Å². The van der Waals surface area contributed by atoms with Crippen molar-refractivity contribution in [2.75, 3.05) is 6.79 Å². The first-order valence-electron chi connectivity index (χ1n) is 8.06. The number of nitrogens with one attached hydrogen (secondary N) is 2. The fourth-order valence-corrected chi connectivity index (χ4v) is 2.48. The van der Waals surface area contributed by atoms with Crippen LogP contribution in [0.1, 0.15) is 11.5 Å². The first kappa shape index (κ1) is 15.9. The number of urea groups is 1. The molecule has 1 aliphatic rings. The lowest BCUT2D eigenvalue weighted by Crippen LogP contribution is -2.34. The summed E-state index contributed by atoms with van der Waals surface area (Å²) in [4.78, 5) is 16.1. The predicted octanol–water partition coefficient (Wildman–Crippen LogP) is 2.46. The largest absolute Gasteiger partial charge is 0.454 e. The second kappa shape index (κ2) is 7.14. The molecule has 2 heterocycles. The molecule has 0 saturated carbocycles. The van der Waals surface area contributed by atoms with E-state index in [1.165, 1.54) is 0 Å². The SMILES string of the molecule is O=C(NCc1ccccc1)NCc1nc(-c2ccc3c(c2)OCO3)no1. The number of nitrogens with zero attached hydrogens (tertiary/aromatic N) is 2. The van der Waals surface area contributed by atoms with E-state index in [-0.39, 0.29) is 19.4 Å². The Kier molecular flexibility index (Phi) is 4.38. The summed E-state index contributed by atoms with van der Waals surface area (Å²) in [5.41, 5.74) is 1.77. The zero-order chi connectivity index (χ0) is 17.8. The molecule has 8 heteroatoms. The lowest BCUT2D eigenvalue weighted by atomic mass is 10.2. The van der Waals surface area contributed by atoms with Crippen LogP contribution in [0.15, 0.2) is 53.1 Å². The minimum absolute atomic E-state index is 0.137. The third-order valence-electron chi connectivity index (χ3n) is 3.79. The number of carbonyl (C=O) groups is 1. The maximum absolute atomic E-state index is 11.9. The number of carbonyl (C=O) groups excluding carboxylic acids is 1. The quantitative estimate of drug-likeness (QED) is 0.732. The number of amides is 2. The summed E-state index contributed by atoms with van der Waals surface area (Å²) in [6.45, 7) is 0.787. The molecule has 2 aromatic carbocycles. The van der Waals surface area contributed by atoms with Crippen molar-refractivity contribution >= 4 is 6.03 Å². The van der Waals surface area contributed by atoms with Crippen molar-refractivity contribution in [2.45, 2.75) is 13.1 Å². The van der Waals surface area contributed by atoms with Gasteiger partial charge in [-0.05, 0) is 23.8 Å². The van der Waals surface area contributed by atoms with Crippen molar-refractivity contribution < 1.29 is 18.8 Å². The minimum atomic E-state index is -0.309. The third-order valence-corrected chi connectivity index (χ3v) is 3.79. The van der Waals surface area contributed by atoms with E-state index in [4.69, 9.17) is 14.0 Å². The van der Waals surface area contributed by atoms with Crippen LogP contribution in [-0.2, 0) is 13.1 Å². The average Bonchev–Trinajstić information content (AvgIpc) is 3.34. The molecule has 1 aromatic heterocycles. The summed E-state index contributed by atoms with van der Waals surface area (Å²) < 4.78 is 15.8. The van der Waals surface area contributed by atoms with Gasteiger partial charge >= 0.3 is 6.03 Å². The molecule has 8 nitrogen and oxygen atoms in total. The molecular weight excluding hydrogens is 336 g/mol. The number of benzene rings is 2. The van der Waals surface area contributed by atoms with Crippen LogP contribution >= 0.6 is 0 Å². The maximum atomic E-state index is 11.9. The van der Waals surface area contributed by atoms with Crippen molar-refractivity contribution in [2.24, 2.45) is 0 Å². The van der Waals surface area contributed by atoms with E-state index >= 15 is 0 Å². The summed E-state index contributed by atoms with van der Waals surface area (Å²) >= 11 is 0. The lowest BCUT2D eigenvalue weighted by molar-refractivity contribution is 0.174. The molecule has 0 bridgehead atoms. The molecule has 2 amide bonds. The summed E-state index contributed by atoms with van der Waals surface area (Å²) in [6, 6.07) is 14.7. The van der Waals surface area contributed by atoms with E-state index in [1.807, 2.05) is 36.4 Å². The normalized spacial score (nSPS) is 12.0. The number of ether oxygens (including phenoxy) is 2. The highest BCUT2D eigenvalue weighted by molar-refractivity contribution is 5.73. The van der Waals surface area contributed by atoms with Gasteiger partial charge in [0.05, 0.1) is 6.54 Å². The molecule has 1 aliphatic heterocycles. The van der Waals surface area contributed by atoms with Crippen molar-refractivity contribution in [3.8, 4) is 22.9 Å². The Labute approximate surface area is 149 Å². The second-order valence-corrected chi connectivity index (χ2v) is 5.60. The highest BCUT2D eigenvalue weighted by Gasteiger charge is 2.16. The molecule has 132 valence electrons. The molecule has 3 aromatic rings. The molecular formula is C18H16N4O4. The van der Waals surface area contributed by atoms with Gasteiger partial charge in [0.25, 0.3) is 0 Å². The van der Waals surface area contributed by atoms with Crippen LogP contribution in [0.4, 0.5) is 4.79 Å². The molecule has 0 radical (unpaired) electrons. The number of aromatic nitrogens is 2. The summed E-state index contributed by atoms with van der Waals surface area (Å²) in [6.07, 6.45) is 0. The van der Waals surface area contributed by atoms with E-state index < -0.39 is 0 Å². The Morgan fingerprint density at radius 3 is 2.69 bits per heavy atom. The minimum Gasteiger partial charge on any atom is -0.454 e. The van der Waals surface area contributed by atoms with Crippen LogP contribution in [0, 0.1) is 0 Å². The Morgan fingerprint density at radius 1 is 1.00 bits per heavy atom. The predicted molar refractivity (Wildman–Crippen MR) is 91.4 cm³/mol. The molecule has 0 aliphatic carbocycles. The van der Waals surface area contributed by atoms with Crippen LogP contribution in [-0.4, -0.2) is 23.0 Å². The van der Waals surface area contributed by atoms with Gasteiger partial charge in [-0.15, -0.1) is 0 Å². The van der Waals surface area contributed by atoms with Crippen molar-refractivity contribution in [3.63, 3.8) is 0 Å². The smallest absolute Gasteiger partial charge is 0.315 e. The third kappa shape index (κ3) is 3.59. The second-order valence-electron chi connectivity index (χ2n) is 5.60. The monoisotopic (exact) mass is 352 g/mol. The highest BCUT2D eigenvalue weighted by Crippen LogP contribution is 2.35. The standard InChI is InChI=1S/C18H16N4O4/c23-18(19-9-12-4-2-1-3-5-12)20-10-16-21-17(22-26-16)13-6-7-14-15(8-13)25-11-24-14/h1-8H,9-11H2,(H2,19,20,23). The van der Waals surface area contributed by atoms with E-state index in [1.54, 1.807) is 12.1 Å². The van der Waals surface area contributed by atoms with Crippen LogP contribution in [0.5, 0.6) is 11.5 Å². The Hall–Kier alpha value is -3.55. The maximum Gasteiger partial charge on any atom is 0.315 e. The lowest BCUT2D eigenvalue weighted by Gasteiger charge is -2.05. The number of fused-ring (bicyclic) bond motifs is 1. The molecule has 0 unspecified atom stereocenters. The molecule has 0 atom stereocenters. The van der Waals surface area contributed by atoms with Gasteiger partial charge in [0.2, 0.25) is 18.5 Å². The van der Waals surface area contributed by atoms with Crippen molar-refractivity contribution in [1.82, 2.24) is 20.8 Å². The van der Waals surface area contributed by atoms with Crippen molar-refractivity contribution in [3.05, 3.63) is 60.0 Å². The molecule has 0 fully saturated rings. The zero-order valence-electron chi connectivity index (χ0n) is 13.8. The van der Waals surface area contributed by atoms with Crippen LogP contribution in [0.25, 0.3) is 11.4 Å². The van der Waals surface area contributed by atoms with E-state index in [9.17, 15) is 4.79 Å². The topological polar surface area (TPSA) is 98.5 Å². The first-order chi connectivity index (χ1) is 12.8. The number of hydrogen-bond acceptors (Lipinski definition) is 6. The van der Waals surface area contributed by atoms with Crippen molar-refractivity contribution in [1.29, 1.82) is 0 Å². The van der Waals surface area contributed by atoms with Gasteiger partial charge in [0.1, 0.15) is 0 Å².